The topological polar surface area (TPSA) is 4.93 Å². The Balaban J connectivity index is 1.73. The zero-order chi connectivity index (χ0) is 21.1. The summed E-state index contributed by atoms with van der Waals surface area (Å²) in [7, 11) is 0. The Kier molecular flexibility index (Phi) is 3.78. The molecule has 4 aromatic rings. The van der Waals surface area contributed by atoms with Gasteiger partial charge in [-0.3, -0.25) is 0 Å². The van der Waals surface area contributed by atoms with Gasteiger partial charge in [0.1, 0.15) is 0 Å². The van der Waals surface area contributed by atoms with E-state index in [0.717, 1.165) is 25.7 Å². The average molecular weight is 412 g/mol. The maximum Gasteiger partial charge on any atom is 0.0705 e. The molecule has 0 radical (unpaired) electrons. The minimum atomic E-state index is -0.275. The van der Waals surface area contributed by atoms with Crippen molar-refractivity contribution in [3.63, 3.8) is 0 Å². The summed E-state index contributed by atoms with van der Waals surface area (Å²) in [6, 6.07) is 27.3. The van der Waals surface area contributed by atoms with Crippen molar-refractivity contribution < 1.29 is 0 Å². The monoisotopic (exact) mass is 411 g/mol. The van der Waals surface area contributed by atoms with E-state index in [0.29, 0.717) is 0 Å². The summed E-state index contributed by atoms with van der Waals surface area (Å²) < 4.78 is 2.55. The van der Waals surface area contributed by atoms with Gasteiger partial charge in [-0.1, -0.05) is 96.6 Å². The van der Waals surface area contributed by atoms with Crippen molar-refractivity contribution in [2.24, 2.45) is 0 Å². The second-order valence-corrected chi connectivity index (χ2v) is 9.13. The van der Waals surface area contributed by atoms with Crippen molar-refractivity contribution in [2.45, 2.75) is 31.1 Å². The molecule has 1 unspecified atom stereocenters. The minimum absolute atomic E-state index is 0.275. The molecule has 1 atom stereocenters. The molecule has 0 saturated heterocycles. The van der Waals surface area contributed by atoms with E-state index in [4.69, 9.17) is 0 Å². The van der Waals surface area contributed by atoms with E-state index >= 15 is 0 Å². The number of rotatable bonds is 2. The molecule has 1 aromatic heterocycles. The highest BCUT2D eigenvalue weighted by molar-refractivity contribution is 5.97. The summed E-state index contributed by atoms with van der Waals surface area (Å²) in [6.45, 7) is 0. The lowest BCUT2D eigenvalue weighted by atomic mass is 9.61. The molecule has 3 aliphatic rings. The third-order valence-electron chi connectivity index (χ3n) is 7.63. The predicted molar refractivity (Wildman–Crippen MR) is 133 cm³/mol. The van der Waals surface area contributed by atoms with Crippen LogP contribution >= 0.6 is 0 Å². The lowest BCUT2D eigenvalue weighted by Crippen LogP contribution is -2.36. The molecule has 154 valence electrons. The minimum Gasteiger partial charge on any atom is -0.309 e. The van der Waals surface area contributed by atoms with Crippen LogP contribution in [0.2, 0.25) is 0 Å². The highest BCUT2D eigenvalue weighted by atomic mass is 15.0. The lowest BCUT2D eigenvalue weighted by molar-refractivity contribution is 0.664. The van der Waals surface area contributed by atoms with E-state index in [9.17, 15) is 0 Å². The number of aryl methyl sites for hydroxylation is 1. The molecule has 1 heteroatoms. The van der Waals surface area contributed by atoms with Crippen LogP contribution in [-0.2, 0) is 11.8 Å². The van der Waals surface area contributed by atoms with Crippen LogP contribution in [0, 0.1) is 0 Å². The highest BCUT2D eigenvalue weighted by Crippen LogP contribution is 2.55. The summed E-state index contributed by atoms with van der Waals surface area (Å²) in [4.78, 5) is 0. The molecule has 2 aliphatic carbocycles. The molecule has 1 nitrogen and oxygen atoms in total. The van der Waals surface area contributed by atoms with Crippen LogP contribution in [0.25, 0.3) is 22.7 Å². The van der Waals surface area contributed by atoms with Gasteiger partial charge in [-0.05, 0) is 60.1 Å². The zero-order valence-corrected chi connectivity index (χ0v) is 18.1. The third-order valence-corrected chi connectivity index (χ3v) is 7.63. The van der Waals surface area contributed by atoms with Crippen LogP contribution in [0.1, 0.15) is 47.2 Å². The van der Waals surface area contributed by atoms with Gasteiger partial charge >= 0.3 is 0 Å². The van der Waals surface area contributed by atoms with Crippen molar-refractivity contribution in [1.82, 2.24) is 4.57 Å². The van der Waals surface area contributed by atoms with Crippen molar-refractivity contribution in [3.05, 3.63) is 131 Å². The number of hydrogen-bond acceptors (Lipinski definition) is 0. The molecule has 1 aliphatic heterocycles. The van der Waals surface area contributed by atoms with Gasteiger partial charge in [0, 0.05) is 11.1 Å². The molecule has 7 rings (SSSR count). The molecule has 0 N–H and O–H groups in total. The van der Waals surface area contributed by atoms with E-state index < -0.39 is 0 Å². The Hall–Kier alpha value is -3.58. The maximum absolute atomic E-state index is 2.55. The molecule has 0 amide bonds. The normalized spacial score (nSPS) is 20.7. The van der Waals surface area contributed by atoms with Gasteiger partial charge in [-0.15, -0.1) is 0 Å². The van der Waals surface area contributed by atoms with Crippen LogP contribution in [0.15, 0.2) is 103 Å². The fraction of sp³-hybridized carbons (Fsp3) is 0.161. The van der Waals surface area contributed by atoms with Crippen LogP contribution in [-0.4, -0.2) is 4.57 Å². The Morgan fingerprint density at radius 1 is 0.719 bits per heavy atom. The quantitative estimate of drug-likeness (QED) is 0.321. The van der Waals surface area contributed by atoms with E-state index in [-0.39, 0.29) is 5.41 Å². The van der Waals surface area contributed by atoms with Gasteiger partial charge in [0.2, 0.25) is 0 Å². The summed E-state index contributed by atoms with van der Waals surface area (Å²) in [5.74, 6) is 0. The number of hydrogen-bond donors (Lipinski definition) is 0. The summed E-state index contributed by atoms with van der Waals surface area (Å²) >= 11 is 0. The highest BCUT2D eigenvalue weighted by Gasteiger charge is 2.46. The van der Waals surface area contributed by atoms with Crippen LogP contribution in [0.4, 0.5) is 0 Å². The zero-order valence-electron chi connectivity index (χ0n) is 18.1. The number of benzene rings is 3. The van der Waals surface area contributed by atoms with Crippen molar-refractivity contribution >= 4 is 17.0 Å². The Labute approximate surface area is 189 Å². The van der Waals surface area contributed by atoms with Crippen molar-refractivity contribution in [1.29, 1.82) is 0 Å². The van der Waals surface area contributed by atoms with E-state index in [1.54, 1.807) is 0 Å². The van der Waals surface area contributed by atoms with Crippen LogP contribution in [0.3, 0.4) is 0 Å². The Morgan fingerprint density at radius 3 is 2.41 bits per heavy atom. The number of aromatic nitrogens is 1. The van der Waals surface area contributed by atoms with E-state index in [1.807, 2.05) is 0 Å². The first-order valence-corrected chi connectivity index (χ1v) is 11.8. The lowest BCUT2D eigenvalue weighted by Gasteiger charge is -2.43. The molecule has 0 fully saturated rings. The first-order chi connectivity index (χ1) is 15.9. The largest absolute Gasteiger partial charge is 0.309 e. The fourth-order valence-electron chi connectivity index (χ4n) is 6.41. The predicted octanol–water partition coefficient (Wildman–Crippen LogP) is 7.51. The fourth-order valence-corrected chi connectivity index (χ4v) is 6.41. The summed E-state index contributed by atoms with van der Waals surface area (Å²) in [6.07, 6.45) is 16.0. The first-order valence-electron chi connectivity index (χ1n) is 11.8. The van der Waals surface area contributed by atoms with Crippen LogP contribution < -0.4 is 0 Å². The average Bonchev–Trinajstić information content (AvgIpc) is 3.22. The molecule has 0 spiro atoms. The van der Waals surface area contributed by atoms with Crippen molar-refractivity contribution in [2.75, 3.05) is 0 Å². The van der Waals surface area contributed by atoms with Gasteiger partial charge in [0.15, 0.2) is 0 Å². The smallest absolute Gasteiger partial charge is 0.0705 e. The molecule has 32 heavy (non-hydrogen) atoms. The first kappa shape index (κ1) is 18.0. The maximum atomic E-state index is 2.55. The van der Waals surface area contributed by atoms with Gasteiger partial charge in [-0.2, -0.15) is 0 Å². The number of fused-ring (bicyclic) bond motifs is 5. The molecule has 3 aromatic carbocycles. The van der Waals surface area contributed by atoms with Gasteiger partial charge in [0.25, 0.3) is 0 Å². The van der Waals surface area contributed by atoms with E-state index in [1.165, 1.54) is 50.1 Å². The number of nitrogens with zero attached hydrogens (tertiary/aromatic N) is 1. The Bertz CT molecular complexity index is 1460. The van der Waals surface area contributed by atoms with Gasteiger partial charge < -0.3 is 4.57 Å². The second-order valence-electron chi connectivity index (χ2n) is 9.13. The van der Waals surface area contributed by atoms with Crippen molar-refractivity contribution in [3.8, 4) is 5.69 Å². The molecule has 0 saturated carbocycles. The molecule has 2 heterocycles. The third kappa shape index (κ3) is 2.18. The van der Waals surface area contributed by atoms with Crippen LogP contribution in [0.5, 0.6) is 0 Å². The molecular formula is C31H25N. The summed E-state index contributed by atoms with van der Waals surface area (Å²) in [5.41, 5.74) is 11.0. The number of allylic oxidation sites excluding steroid dienone is 5. The summed E-state index contributed by atoms with van der Waals surface area (Å²) in [5, 5.41) is 1.42. The van der Waals surface area contributed by atoms with E-state index in [2.05, 4.69) is 108 Å². The SMILES string of the molecule is C1=CCCC(C2(c3ccccc3)c3ccccc3-n3c4c(c5cccc2c53)CCC=C4)=C1. The molecular weight excluding hydrogens is 386 g/mol. The second kappa shape index (κ2) is 6.71. The Morgan fingerprint density at radius 2 is 1.53 bits per heavy atom. The number of para-hydroxylation sites is 2. The van der Waals surface area contributed by atoms with Gasteiger partial charge in [0.05, 0.1) is 16.6 Å². The van der Waals surface area contributed by atoms with Gasteiger partial charge in [-0.25, -0.2) is 0 Å². The molecule has 0 bridgehead atoms. The standard InChI is InChI=1S/C31H25N/c1-3-12-22(13-4-1)31(23-14-5-2-6-15-23)26-18-8-10-21-29(26)32-28-20-9-7-16-24(28)25-17-11-19-27(31)30(25)32/h1-5,8-14,17-21H,6-7,15-16H2.